The highest BCUT2D eigenvalue weighted by molar-refractivity contribution is 7.09. The summed E-state index contributed by atoms with van der Waals surface area (Å²) in [5.74, 6) is -0.546. The first kappa shape index (κ1) is 19.8. The monoisotopic (exact) mass is 372 g/mol. The van der Waals surface area contributed by atoms with Crippen LogP contribution in [0.25, 0.3) is 0 Å². The molecule has 0 unspecified atom stereocenters. The van der Waals surface area contributed by atoms with E-state index in [0.29, 0.717) is 6.54 Å². The highest BCUT2D eigenvalue weighted by Crippen LogP contribution is 2.08. The molecule has 0 aliphatic rings. The van der Waals surface area contributed by atoms with Gasteiger partial charge in [0.1, 0.15) is 5.01 Å². The van der Waals surface area contributed by atoms with Gasteiger partial charge in [-0.15, -0.1) is 17.9 Å². The lowest BCUT2D eigenvalue weighted by molar-refractivity contribution is -0.129. The minimum atomic E-state index is -0.285. The van der Waals surface area contributed by atoms with Gasteiger partial charge in [-0.3, -0.25) is 25.3 Å². The molecule has 0 saturated heterocycles. The SMILES string of the molecule is C=CCN(CCc1ccccc1)CC(=O)NNC(=O)Cc1nc(C)cs1. The third-order valence-corrected chi connectivity index (χ3v) is 4.60. The van der Waals surface area contributed by atoms with Gasteiger partial charge < -0.3 is 0 Å². The number of hydrogen-bond acceptors (Lipinski definition) is 5. The van der Waals surface area contributed by atoms with E-state index in [2.05, 4.69) is 34.5 Å². The first-order chi connectivity index (χ1) is 12.6. The van der Waals surface area contributed by atoms with Crippen molar-refractivity contribution in [1.29, 1.82) is 0 Å². The van der Waals surface area contributed by atoms with Crippen LogP contribution in [-0.4, -0.2) is 41.3 Å². The summed E-state index contributed by atoms with van der Waals surface area (Å²) < 4.78 is 0. The molecule has 2 aromatic rings. The molecule has 2 N–H and O–H groups in total. The van der Waals surface area contributed by atoms with Gasteiger partial charge in [0, 0.05) is 24.2 Å². The number of hydrogen-bond donors (Lipinski definition) is 2. The number of amides is 2. The van der Waals surface area contributed by atoms with Gasteiger partial charge in [0.15, 0.2) is 0 Å². The quantitative estimate of drug-likeness (QED) is 0.521. The molecule has 1 aromatic heterocycles. The average Bonchev–Trinajstić information content (AvgIpc) is 3.04. The van der Waals surface area contributed by atoms with Gasteiger partial charge in [-0.2, -0.15) is 0 Å². The Kier molecular flexibility index (Phi) is 7.98. The fourth-order valence-corrected chi connectivity index (χ4v) is 3.17. The Hall–Kier alpha value is -2.51. The minimum Gasteiger partial charge on any atom is -0.290 e. The number of nitrogens with one attached hydrogen (secondary N) is 2. The number of rotatable bonds is 9. The Morgan fingerprint density at radius 3 is 2.62 bits per heavy atom. The molecule has 2 rings (SSSR count). The first-order valence-electron chi connectivity index (χ1n) is 8.42. The van der Waals surface area contributed by atoms with Crippen molar-refractivity contribution in [2.45, 2.75) is 19.8 Å². The topological polar surface area (TPSA) is 74.3 Å². The fraction of sp³-hybridized carbons (Fsp3) is 0.316. The van der Waals surface area contributed by atoms with Crippen molar-refractivity contribution in [1.82, 2.24) is 20.7 Å². The van der Waals surface area contributed by atoms with E-state index in [1.807, 2.05) is 35.4 Å². The maximum atomic E-state index is 12.1. The van der Waals surface area contributed by atoms with Crippen molar-refractivity contribution in [2.75, 3.05) is 19.6 Å². The van der Waals surface area contributed by atoms with Gasteiger partial charge >= 0.3 is 0 Å². The number of aromatic nitrogens is 1. The molecule has 0 aliphatic carbocycles. The molecule has 26 heavy (non-hydrogen) atoms. The summed E-state index contributed by atoms with van der Waals surface area (Å²) >= 11 is 1.43. The second-order valence-electron chi connectivity index (χ2n) is 5.92. The number of benzene rings is 1. The van der Waals surface area contributed by atoms with E-state index in [0.717, 1.165) is 23.7 Å². The molecular weight excluding hydrogens is 348 g/mol. The third-order valence-electron chi connectivity index (χ3n) is 3.63. The average molecular weight is 372 g/mol. The van der Waals surface area contributed by atoms with E-state index < -0.39 is 0 Å². The van der Waals surface area contributed by atoms with Crippen LogP contribution in [0.5, 0.6) is 0 Å². The summed E-state index contributed by atoms with van der Waals surface area (Å²) in [4.78, 5) is 30.2. The van der Waals surface area contributed by atoms with E-state index in [1.165, 1.54) is 16.9 Å². The molecule has 0 saturated carbocycles. The molecule has 7 heteroatoms. The Bertz CT molecular complexity index is 730. The summed E-state index contributed by atoms with van der Waals surface area (Å²) in [6, 6.07) is 10.1. The molecule has 0 fully saturated rings. The molecule has 0 radical (unpaired) electrons. The van der Waals surface area contributed by atoms with Crippen LogP contribution in [0.2, 0.25) is 0 Å². The van der Waals surface area contributed by atoms with E-state index >= 15 is 0 Å². The van der Waals surface area contributed by atoms with Crippen molar-refractivity contribution in [3.8, 4) is 0 Å². The van der Waals surface area contributed by atoms with E-state index in [4.69, 9.17) is 0 Å². The van der Waals surface area contributed by atoms with Gasteiger partial charge in [0.05, 0.1) is 13.0 Å². The molecule has 1 heterocycles. The van der Waals surface area contributed by atoms with Crippen molar-refractivity contribution in [2.24, 2.45) is 0 Å². The lowest BCUT2D eigenvalue weighted by Gasteiger charge is -2.20. The van der Waals surface area contributed by atoms with Crippen LogP contribution in [0.3, 0.4) is 0 Å². The van der Waals surface area contributed by atoms with Gasteiger partial charge in [-0.05, 0) is 18.9 Å². The number of hydrazine groups is 1. The molecule has 0 aliphatic heterocycles. The molecule has 1 aromatic carbocycles. The Labute approximate surface area is 157 Å². The van der Waals surface area contributed by atoms with Crippen LogP contribution >= 0.6 is 11.3 Å². The van der Waals surface area contributed by atoms with Crippen molar-refractivity contribution in [3.63, 3.8) is 0 Å². The van der Waals surface area contributed by atoms with Gasteiger partial charge in [-0.1, -0.05) is 36.4 Å². The number of thiazole rings is 1. The van der Waals surface area contributed by atoms with Crippen LogP contribution in [0.1, 0.15) is 16.3 Å². The van der Waals surface area contributed by atoms with Crippen LogP contribution in [-0.2, 0) is 22.4 Å². The van der Waals surface area contributed by atoms with Crippen LogP contribution in [0.4, 0.5) is 0 Å². The maximum Gasteiger partial charge on any atom is 0.252 e. The second kappa shape index (κ2) is 10.5. The standard InChI is InChI=1S/C19H24N4O2S/c1-3-10-23(11-9-16-7-5-4-6-8-16)13-18(25)22-21-17(24)12-19-20-15(2)14-26-19/h3-8,14H,1,9-13H2,2H3,(H,21,24)(H,22,25). The molecule has 138 valence electrons. The largest absolute Gasteiger partial charge is 0.290 e. The third kappa shape index (κ3) is 7.16. The van der Waals surface area contributed by atoms with Gasteiger partial charge in [0.25, 0.3) is 5.91 Å². The molecule has 6 nitrogen and oxygen atoms in total. The van der Waals surface area contributed by atoms with Crippen molar-refractivity contribution in [3.05, 3.63) is 64.6 Å². The second-order valence-corrected chi connectivity index (χ2v) is 6.86. The number of carbonyl (C=O) groups excluding carboxylic acids is 2. The number of aryl methyl sites for hydroxylation is 1. The lowest BCUT2D eigenvalue weighted by Crippen LogP contribution is -2.47. The summed E-state index contributed by atoms with van der Waals surface area (Å²) in [5.41, 5.74) is 7.00. The van der Waals surface area contributed by atoms with Crippen LogP contribution in [0.15, 0.2) is 48.4 Å². The molecule has 0 atom stereocenters. The van der Waals surface area contributed by atoms with Gasteiger partial charge in [0.2, 0.25) is 5.91 Å². The van der Waals surface area contributed by atoms with Crippen molar-refractivity contribution >= 4 is 23.2 Å². The minimum absolute atomic E-state index is 0.156. The van der Waals surface area contributed by atoms with Crippen LogP contribution < -0.4 is 10.9 Å². The molecular formula is C19H24N4O2S. The maximum absolute atomic E-state index is 12.1. The van der Waals surface area contributed by atoms with Crippen molar-refractivity contribution < 1.29 is 9.59 Å². The Morgan fingerprint density at radius 2 is 1.96 bits per heavy atom. The smallest absolute Gasteiger partial charge is 0.252 e. The predicted octanol–water partition coefficient (Wildman–Crippen LogP) is 1.87. The summed E-state index contributed by atoms with van der Waals surface area (Å²) in [6.07, 6.45) is 2.77. The summed E-state index contributed by atoms with van der Waals surface area (Å²) in [6.45, 7) is 7.14. The zero-order valence-electron chi connectivity index (χ0n) is 14.9. The molecule has 0 spiro atoms. The van der Waals surface area contributed by atoms with Crippen LogP contribution in [0, 0.1) is 6.92 Å². The zero-order chi connectivity index (χ0) is 18.8. The van der Waals surface area contributed by atoms with Gasteiger partial charge in [-0.25, -0.2) is 4.98 Å². The summed E-state index contributed by atoms with van der Waals surface area (Å²) in [7, 11) is 0. The Morgan fingerprint density at radius 1 is 1.23 bits per heavy atom. The lowest BCUT2D eigenvalue weighted by atomic mass is 10.1. The summed E-state index contributed by atoms with van der Waals surface area (Å²) in [5, 5.41) is 2.62. The predicted molar refractivity (Wildman–Crippen MR) is 104 cm³/mol. The van der Waals surface area contributed by atoms with E-state index in [1.54, 1.807) is 6.08 Å². The molecule has 2 amide bonds. The first-order valence-corrected chi connectivity index (χ1v) is 9.30. The molecule has 0 bridgehead atoms. The van der Waals surface area contributed by atoms with E-state index in [9.17, 15) is 9.59 Å². The number of carbonyl (C=O) groups is 2. The van der Waals surface area contributed by atoms with E-state index in [-0.39, 0.29) is 24.8 Å². The Balaban J connectivity index is 1.73. The highest BCUT2D eigenvalue weighted by Gasteiger charge is 2.12. The fourth-order valence-electron chi connectivity index (χ4n) is 2.40. The zero-order valence-corrected chi connectivity index (χ0v) is 15.7. The normalized spacial score (nSPS) is 10.5. The highest BCUT2D eigenvalue weighted by atomic mass is 32.1. The number of nitrogens with zero attached hydrogens (tertiary/aromatic N) is 2.